The molecule has 0 aliphatic heterocycles. The second-order valence-corrected chi connectivity index (χ2v) is 5.75. The maximum absolute atomic E-state index is 12.2. The van der Waals surface area contributed by atoms with Gasteiger partial charge in [-0.1, -0.05) is 42.5 Å². The van der Waals surface area contributed by atoms with Crippen molar-refractivity contribution in [1.29, 1.82) is 0 Å². The van der Waals surface area contributed by atoms with Crippen LogP contribution in [0.1, 0.15) is 36.3 Å². The predicted octanol–water partition coefficient (Wildman–Crippen LogP) is 4.18. The minimum absolute atomic E-state index is 0.292. The Bertz CT molecular complexity index is 606. The SMILES string of the molecule is O=C(CNc1ccccc1)CC1CCCc2ccccc21. The quantitative estimate of drug-likeness (QED) is 0.889. The van der Waals surface area contributed by atoms with Crippen molar-refractivity contribution in [1.82, 2.24) is 0 Å². The molecule has 1 aliphatic rings. The lowest BCUT2D eigenvalue weighted by molar-refractivity contribution is -0.117. The third-order valence-corrected chi connectivity index (χ3v) is 4.23. The monoisotopic (exact) mass is 279 g/mol. The largest absolute Gasteiger partial charge is 0.378 e. The lowest BCUT2D eigenvalue weighted by Crippen LogP contribution is -2.19. The highest BCUT2D eigenvalue weighted by atomic mass is 16.1. The molecule has 0 fully saturated rings. The Morgan fingerprint density at radius 1 is 1.05 bits per heavy atom. The van der Waals surface area contributed by atoms with Crippen molar-refractivity contribution in [2.45, 2.75) is 31.6 Å². The fourth-order valence-electron chi connectivity index (χ4n) is 3.17. The van der Waals surface area contributed by atoms with Gasteiger partial charge in [0.2, 0.25) is 0 Å². The molecular weight excluding hydrogens is 258 g/mol. The number of anilines is 1. The van der Waals surface area contributed by atoms with Crippen LogP contribution in [0.5, 0.6) is 0 Å². The molecule has 0 aromatic heterocycles. The number of carbonyl (C=O) groups excluding carboxylic acids is 1. The summed E-state index contributed by atoms with van der Waals surface area (Å²) in [5, 5.41) is 3.21. The molecule has 0 spiro atoms. The number of nitrogens with one attached hydrogen (secondary N) is 1. The van der Waals surface area contributed by atoms with Crippen LogP contribution in [0.15, 0.2) is 54.6 Å². The molecule has 2 nitrogen and oxygen atoms in total. The van der Waals surface area contributed by atoms with E-state index in [9.17, 15) is 4.79 Å². The molecule has 3 rings (SSSR count). The molecule has 108 valence electrons. The molecule has 0 heterocycles. The zero-order valence-electron chi connectivity index (χ0n) is 12.2. The average Bonchev–Trinajstić information content (AvgIpc) is 2.54. The van der Waals surface area contributed by atoms with Gasteiger partial charge in [-0.25, -0.2) is 0 Å². The third-order valence-electron chi connectivity index (χ3n) is 4.23. The van der Waals surface area contributed by atoms with E-state index >= 15 is 0 Å². The van der Waals surface area contributed by atoms with Gasteiger partial charge in [-0.2, -0.15) is 0 Å². The number of hydrogen-bond donors (Lipinski definition) is 1. The van der Waals surface area contributed by atoms with Gasteiger partial charge in [0.05, 0.1) is 6.54 Å². The number of hydrogen-bond acceptors (Lipinski definition) is 2. The summed E-state index contributed by atoms with van der Waals surface area (Å²) in [4.78, 5) is 12.2. The molecule has 0 bridgehead atoms. The first-order valence-electron chi connectivity index (χ1n) is 7.71. The van der Waals surface area contributed by atoms with Crippen LogP contribution < -0.4 is 5.32 Å². The van der Waals surface area contributed by atoms with Crippen molar-refractivity contribution in [2.24, 2.45) is 0 Å². The van der Waals surface area contributed by atoms with Gasteiger partial charge in [-0.05, 0) is 48.4 Å². The highest BCUT2D eigenvalue weighted by molar-refractivity contribution is 5.83. The van der Waals surface area contributed by atoms with E-state index in [1.165, 1.54) is 17.5 Å². The second-order valence-electron chi connectivity index (χ2n) is 5.75. The molecule has 0 saturated carbocycles. The lowest BCUT2D eigenvalue weighted by atomic mass is 9.80. The van der Waals surface area contributed by atoms with Gasteiger partial charge >= 0.3 is 0 Å². The topological polar surface area (TPSA) is 29.1 Å². The van der Waals surface area contributed by atoms with Gasteiger partial charge in [0.15, 0.2) is 5.78 Å². The summed E-state index contributed by atoms with van der Waals surface area (Å²) in [6.45, 7) is 0.419. The van der Waals surface area contributed by atoms with E-state index in [1.54, 1.807) is 0 Å². The van der Waals surface area contributed by atoms with Crippen LogP contribution in [0.4, 0.5) is 5.69 Å². The lowest BCUT2D eigenvalue weighted by Gasteiger charge is -2.25. The van der Waals surface area contributed by atoms with Crippen LogP contribution in [0.2, 0.25) is 0 Å². The Morgan fingerprint density at radius 3 is 2.67 bits per heavy atom. The maximum Gasteiger partial charge on any atom is 0.152 e. The normalized spacial score (nSPS) is 17.0. The Balaban J connectivity index is 1.58. The van der Waals surface area contributed by atoms with E-state index in [2.05, 4.69) is 29.6 Å². The number of para-hydroxylation sites is 1. The van der Waals surface area contributed by atoms with Crippen LogP contribution in [0, 0.1) is 0 Å². The first-order valence-corrected chi connectivity index (χ1v) is 7.71. The molecule has 0 saturated heterocycles. The first-order chi connectivity index (χ1) is 10.3. The smallest absolute Gasteiger partial charge is 0.152 e. The van der Waals surface area contributed by atoms with Crippen LogP contribution in [0.3, 0.4) is 0 Å². The zero-order valence-corrected chi connectivity index (χ0v) is 12.2. The van der Waals surface area contributed by atoms with E-state index in [0.29, 0.717) is 24.7 Å². The molecular formula is C19H21NO. The molecule has 1 atom stereocenters. The maximum atomic E-state index is 12.2. The minimum atomic E-state index is 0.292. The van der Waals surface area contributed by atoms with Crippen LogP contribution >= 0.6 is 0 Å². The third kappa shape index (κ3) is 3.52. The first kappa shape index (κ1) is 13.9. The Hall–Kier alpha value is -2.09. The van der Waals surface area contributed by atoms with Crippen LogP contribution in [-0.2, 0) is 11.2 Å². The highest BCUT2D eigenvalue weighted by Gasteiger charge is 2.21. The summed E-state index contributed by atoms with van der Waals surface area (Å²) < 4.78 is 0. The molecule has 0 radical (unpaired) electrons. The average molecular weight is 279 g/mol. The predicted molar refractivity (Wildman–Crippen MR) is 86.7 cm³/mol. The van der Waals surface area contributed by atoms with E-state index < -0.39 is 0 Å². The molecule has 2 aromatic carbocycles. The van der Waals surface area contributed by atoms with Crippen molar-refractivity contribution < 1.29 is 4.79 Å². The van der Waals surface area contributed by atoms with Gasteiger partial charge in [-0.3, -0.25) is 4.79 Å². The minimum Gasteiger partial charge on any atom is -0.378 e. The number of ketones is 1. The van der Waals surface area contributed by atoms with E-state index in [1.807, 2.05) is 30.3 Å². The second kappa shape index (κ2) is 6.57. The molecule has 2 aromatic rings. The van der Waals surface area contributed by atoms with E-state index in [-0.39, 0.29) is 0 Å². The van der Waals surface area contributed by atoms with Crippen LogP contribution in [0.25, 0.3) is 0 Å². The van der Waals surface area contributed by atoms with Crippen molar-refractivity contribution in [3.05, 3.63) is 65.7 Å². The number of benzene rings is 2. The highest BCUT2D eigenvalue weighted by Crippen LogP contribution is 2.33. The molecule has 0 amide bonds. The fraction of sp³-hybridized carbons (Fsp3) is 0.316. The molecule has 2 heteroatoms. The van der Waals surface area contributed by atoms with Crippen molar-refractivity contribution in [3.8, 4) is 0 Å². The number of fused-ring (bicyclic) bond motifs is 1. The van der Waals surface area contributed by atoms with Crippen molar-refractivity contribution in [3.63, 3.8) is 0 Å². The number of Topliss-reactive ketones (excluding diaryl/α,β-unsaturated/α-hetero) is 1. The summed E-state index contributed by atoms with van der Waals surface area (Å²) in [6.07, 6.45) is 4.13. The summed E-state index contributed by atoms with van der Waals surface area (Å²) in [5.74, 6) is 0.695. The van der Waals surface area contributed by atoms with Crippen molar-refractivity contribution in [2.75, 3.05) is 11.9 Å². The van der Waals surface area contributed by atoms with E-state index in [0.717, 1.165) is 18.5 Å². The van der Waals surface area contributed by atoms with Gasteiger partial charge in [0.1, 0.15) is 0 Å². The Labute approximate surface area is 126 Å². The van der Waals surface area contributed by atoms with E-state index in [4.69, 9.17) is 0 Å². The fourth-order valence-corrected chi connectivity index (χ4v) is 3.17. The Morgan fingerprint density at radius 2 is 1.81 bits per heavy atom. The number of carbonyl (C=O) groups is 1. The molecule has 1 N–H and O–H groups in total. The van der Waals surface area contributed by atoms with Gasteiger partial charge in [-0.15, -0.1) is 0 Å². The van der Waals surface area contributed by atoms with Crippen molar-refractivity contribution >= 4 is 11.5 Å². The summed E-state index contributed by atoms with van der Waals surface area (Å²) in [6, 6.07) is 18.5. The van der Waals surface area contributed by atoms with Crippen LogP contribution in [-0.4, -0.2) is 12.3 Å². The number of aryl methyl sites for hydroxylation is 1. The van der Waals surface area contributed by atoms with Gasteiger partial charge < -0.3 is 5.32 Å². The Kier molecular flexibility index (Phi) is 4.34. The summed E-state index contributed by atoms with van der Waals surface area (Å²) in [7, 11) is 0. The summed E-state index contributed by atoms with van der Waals surface area (Å²) in [5.41, 5.74) is 3.82. The zero-order chi connectivity index (χ0) is 14.5. The molecule has 1 unspecified atom stereocenters. The molecule has 1 aliphatic carbocycles. The van der Waals surface area contributed by atoms with Gasteiger partial charge in [0.25, 0.3) is 0 Å². The number of rotatable bonds is 5. The molecule has 21 heavy (non-hydrogen) atoms. The summed E-state index contributed by atoms with van der Waals surface area (Å²) >= 11 is 0. The standard InChI is InChI=1S/C19H21NO/c21-18(14-20-17-10-2-1-3-11-17)13-16-9-6-8-15-7-4-5-12-19(15)16/h1-5,7,10-12,16,20H,6,8-9,13-14H2. The van der Waals surface area contributed by atoms with Gasteiger partial charge in [0, 0.05) is 12.1 Å².